The molecule has 1 aromatic carbocycles. The number of benzene rings is 1. The Morgan fingerprint density at radius 3 is 2.62 bits per heavy atom. The van der Waals surface area contributed by atoms with Crippen molar-refractivity contribution in [2.75, 3.05) is 32.7 Å². The van der Waals surface area contributed by atoms with Crippen LogP contribution in [0.1, 0.15) is 33.3 Å². The third kappa shape index (κ3) is 5.03. The van der Waals surface area contributed by atoms with Gasteiger partial charge in [0.1, 0.15) is 0 Å². The number of hydrogen-bond acceptors (Lipinski definition) is 5. The molecule has 0 fully saturated rings. The van der Waals surface area contributed by atoms with Crippen LogP contribution in [-0.4, -0.2) is 56.7 Å². The largest absolute Gasteiger partial charge is 0.454 e. The molecule has 0 aromatic heterocycles. The average molecular weight is 384 g/mol. The molecule has 8 heteroatoms. The van der Waals surface area contributed by atoms with E-state index in [4.69, 9.17) is 9.47 Å². The number of rotatable bonds is 6. The van der Waals surface area contributed by atoms with Crippen molar-refractivity contribution in [3.05, 3.63) is 23.8 Å². The Balaban J connectivity index is 2.03. The molecule has 7 nitrogen and oxygen atoms in total. The summed E-state index contributed by atoms with van der Waals surface area (Å²) in [6, 6.07) is 5.83. The molecule has 1 aliphatic rings. The smallest absolute Gasteiger partial charge is 0.231 e. The van der Waals surface area contributed by atoms with Crippen LogP contribution in [0.25, 0.3) is 0 Å². The van der Waals surface area contributed by atoms with Gasteiger partial charge in [0.2, 0.25) is 6.79 Å². The van der Waals surface area contributed by atoms with E-state index in [2.05, 4.69) is 10.3 Å². The van der Waals surface area contributed by atoms with E-state index in [9.17, 15) is 8.42 Å². The molecule has 2 rings (SSSR count). The Kier molecular flexibility index (Phi) is 6.39. The molecule has 0 atom stereocenters. The first-order valence-electron chi connectivity index (χ1n) is 8.74. The summed E-state index contributed by atoms with van der Waals surface area (Å²) in [6.45, 7) is 8.92. The molecule has 1 N–H and O–H groups in total. The van der Waals surface area contributed by atoms with Crippen LogP contribution >= 0.6 is 0 Å². The normalized spacial score (nSPS) is 14.4. The number of ether oxygens (including phenoxy) is 2. The van der Waals surface area contributed by atoms with E-state index in [0.29, 0.717) is 19.0 Å². The molecule has 1 heterocycles. The number of aliphatic imine (C=N–C) groups is 1. The third-order valence-electron chi connectivity index (χ3n) is 4.11. The molecular formula is C18H29N3O4S. The topological polar surface area (TPSA) is 80.2 Å². The van der Waals surface area contributed by atoms with Crippen LogP contribution in [0.15, 0.2) is 23.2 Å². The van der Waals surface area contributed by atoms with Crippen LogP contribution in [0, 0.1) is 0 Å². The molecule has 0 radical (unpaired) electrons. The number of guanidine groups is 1. The molecular weight excluding hydrogens is 354 g/mol. The van der Waals surface area contributed by atoms with Gasteiger partial charge in [-0.05, 0) is 45.4 Å². The van der Waals surface area contributed by atoms with Gasteiger partial charge in [0.25, 0.3) is 0 Å². The maximum absolute atomic E-state index is 12.2. The average Bonchev–Trinajstić information content (AvgIpc) is 3.00. The van der Waals surface area contributed by atoms with E-state index >= 15 is 0 Å². The molecule has 0 amide bonds. The molecule has 146 valence electrons. The van der Waals surface area contributed by atoms with Crippen molar-refractivity contribution in [2.24, 2.45) is 4.99 Å². The van der Waals surface area contributed by atoms with Crippen LogP contribution < -0.4 is 14.8 Å². The summed E-state index contributed by atoms with van der Waals surface area (Å²) in [5, 5.41) is 3.21. The van der Waals surface area contributed by atoms with Crippen molar-refractivity contribution in [3.63, 3.8) is 0 Å². The zero-order valence-electron chi connectivity index (χ0n) is 16.2. The van der Waals surface area contributed by atoms with Crippen LogP contribution in [0.4, 0.5) is 0 Å². The first-order valence-corrected chi connectivity index (χ1v) is 10.4. The number of hydrogen-bond donors (Lipinski definition) is 1. The lowest BCUT2D eigenvalue weighted by molar-refractivity contribution is 0.174. The van der Waals surface area contributed by atoms with Crippen LogP contribution in [-0.2, 0) is 16.4 Å². The van der Waals surface area contributed by atoms with E-state index in [1.54, 1.807) is 20.8 Å². The highest BCUT2D eigenvalue weighted by molar-refractivity contribution is 7.92. The molecule has 0 saturated heterocycles. The second kappa shape index (κ2) is 8.16. The summed E-state index contributed by atoms with van der Waals surface area (Å²) in [5.74, 6) is 2.20. The lowest BCUT2D eigenvalue weighted by Gasteiger charge is -2.23. The molecule has 0 saturated carbocycles. The van der Waals surface area contributed by atoms with Crippen molar-refractivity contribution in [1.82, 2.24) is 10.2 Å². The molecule has 0 unspecified atom stereocenters. The highest BCUT2D eigenvalue weighted by atomic mass is 32.2. The van der Waals surface area contributed by atoms with E-state index in [1.165, 1.54) is 0 Å². The first kappa shape index (κ1) is 20.4. The monoisotopic (exact) mass is 383 g/mol. The fourth-order valence-corrected chi connectivity index (χ4v) is 3.38. The van der Waals surface area contributed by atoms with E-state index in [-0.39, 0.29) is 19.1 Å². The standard InChI is InChI=1S/C18H29N3O4S/c1-6-19-17(20-9-10-26(22,23)18(2,3)4)21(5)12-14-7-8-15-16(11-14)25-13-24-15/h7-8,11H,6,9-10,12-13H2,1-5H3,(H,19,20). The van der Waals surface area contributed by atoms with Gasteiger partial charge < -0.3 is 19.7 Å². The minimum atomic E-state index is -3.18. The van der Waals surface area contributed by atoms with Crippen LogP contribution in [0.3, 0.4) is 0 Å². The van der Waals surface area contributed by atoms with Gasteiger partial charge in [-0.25, -0.2) is 8.42 Å². The molecule has 1 aliphatic heterocycles. The lowest BCUT2D eigenvalue weighted by Crippen LogP contribution is -2.39. The Bertz CT molecular complexity index is 754. The maximum Gasteiger partial charge on any atom is 0.231 e. The van der Waals surface area contributed by atoms with Crippen molar-refractivity contribution in [2.45, 2.75) is 39.0 Å². The van der Waals surface area contributed by atoms with Crippen molar-refractivity contribution in [3.8, 4) is 11.5 Å². The van der Waals surface area contributed by atoms with Crippen molar-refractivity contribution >= 4 is 15.8 Å². The van der Waals surface area contributed by atoms with Gasteiger partial charge in [-0.3, -0.25) is 4.99 Å². The predicted octanol–water partition coefficient (Wildman–Crippen LogP) is 2.03. The quantitative estimate of drug-likeness (QED) is 0.598. The molecule has 1 aromatic rings. The van der Waals surface area contributed by atoms with Gasteiger partial charge in [-0.15, -0.1) is 0 Å². The zero-order valence-corrected chi connectivity index (χ0v) is 17.0. The van der Waals surface area contributed by atoms with Gasteiger partial charge in [-0.2, -0.15) is 0 Å². The Hall–Kier alpha value is -1.96. The first-order chi connectivity index (χ1) is 12.1. The molecule has 26 heavy (non-hydrogen) atoms. The SMILES string of the molecule is CCNC(=NCCS(=O)(=O)C(C)(C)C)N(C)Cc1ccc2c(c1)OCO2. The highest BCUT2D eigenvalue weighted by Gasteiger charge is 2.28. The molecule has 0 spiro atoms. The third-order valence-corrected chi connectivity index (χ3v) is 6.69. The second-order valence-electron chi connectivity index (χ2n) is 7.21. The second-order valence-corrected chi connectivity index (χ2v) is 10.1. The Labute approximate surface area is 156 Å². The van der Waals surface area contributed by atoms with E-state index < -0.39 is 14.6 Å². The summed E-state index contributed by atoms with van der Waals surface area (Å²) in [7, 11) is -1.26. The van der Waals surface area contributed by atoms with Gasteiger partial charge >= 0.3 is 0 Å². The van der Waals surface area contributed by atoms with Gasteiger partial charge in [0.05, 0.1) is 17.0 Å². The summed E-state index contributed by atoms with van der Waals surface area (Å²) in [5.41, 5.74) is 1.06. The number of sulfone groups is 1. The summed E-state index contributed by atoms with van der Waals surface area (Å²) >= 11 is 0. The van der Waals surface area contributed by atoms with E-state index in [1.807, 2.05) is 37.1 Å². The van der Waals surface area contributed by atoms with Gasteiger partial charge in [-0.1, -0.05) is 6.07 Å². The van der Waals surface area contributed by atoms with Crippen molar-refractivity contribution in [1.29, 1.82) is 0 Å². The fraction of sp³-hybridized carbons (Fsp3) is 0.611. The summed E-state index contributed by atoms with van der Waals surface area (Å²) < 4.78 is 34.4. The Morgan fingerprint density at radius 1 is 1.27 bits per heavy atom. The predicted molar refractivity (Wildman–Crippen MR) is 104 cm³/mol. The zero-order chi connectivity index (χ0) is 19.4. The maximum atomic E-state index is 12.2. The van der Waals surface area contributed by atoms with Crippen LogP contribution in [0.2, 0.25) is 0 Å². The Morgan fingerprint density at radius 2 is 1.96 bits per heavy atom. The minimum absolute atomic E-state index is 0.0310. The number of fused-ring (bicyclic) bond motifs is 1. The summed E-state index contributed by atoms with van der Waals surface area (Å²) in [4.78, 5) is 6.44. The molecule has 0 aliphatic carbocycles. The van der Waals surface area contributed by atoms with Gasteiger partial charge in [0, 0.05) is 20.1 Å². The lowest BCUT2D eigenvalue weighted by atomic mass is 10.2. The number of nitrogens with one attached hydrogen (secondary N) is 1. The van der Waals surface area contributed by atoms with E-state index in [0.717, 1.165) is 17.1 Å². The molecule has 0 bridgehead atoms. The minimum Gasteiger partial charge on any atom is -0.454 e. The highest BCUT2D eigenvalue weighted by Crippen LogP contribution is 2.32. The summed E-state index contributed by atoms with van der Waals surface area (Å²) in [6.07, 6.45) is 0. The van der Waals surface area contributed by atoms with Crippen molar-refractivity contribution < 1.29 is 17.9 Å². The van der Waals surface area contributed by atoms with Gasteiger partial charge in [0.15, 0.2) is 27.3 Å². The fourth-order valence-electron chi connectivity index (χ4n) is 2.44. The number of nitrogens with zero attached hydrogens (tertiary/aromatic N) is 2. The van der Waals surface area contributed by atoms with Crippen LogP contribution in [0.5, 0.6) is 11.5 Å².